The molecule has 0 saturated carbocycles. The largest absolute Gasteiger partial charge is 0.384 e. The number of rotatable bonds is 8. The van der Waals surface area contributed by atoms with Gasteiger partial charge in [0.1, 0.15) is 0 Å². The monoisotopic (exact) mass is 242 g/mol. The summed E-state index contributed by atoms with van der Waals surface area (Å²) in [6, 6.07) is 0.682. The Kier molecular flexibility index (Phi) is 7.09. The van der Waals surface area contributed by atoms with Crippen molar-refractivity contribution in [3.8, 4) is 0 Å². The highest BCUT2D eigenvalue weighted by Gasteiger charge is 2.28. The van der Waals surface area contributed by atoms with Crippen LogP contribution in [0.4, 0.5) is 0 Å². The fourth-order valence-corrected chi connectivity index (χ4v) is 2.64. The van der Waals surface area contributed by atoms with E-state index in [1.165, 1.54) is 25.9 Å². The SMILES string of the molecule is CCCNCC(C)C(C)N1CCC(COC)C1. The number of hydrogen-bond acceptors (Lipinski definition) is 3. The predicted octanol–water partition coefficient (Wildman–Crippen LogP) is 1.98. The van der Waals surface area contributed by atoms with Crippen LogP contribution < -0.4 is 5.32 Å². The predicted molar refractivity (Wildman–Crippen MR) is 73.3 cm³/mol. The van der Waals surface area contributed by atoms with Crippen LogP contribution in [0.25, 0.3) is 0 Å². The molecule has 0 aromatic heterocycles. The fraction of sp³-hybridized carbons (Fsp3) is 1.00. The lowest BCUT2D eigenvalue weighted by molar-refractivity contribution is 0.140. The summed E-state index contributed by atoms with van der Waals surface area (Å²) in [6.07, 6.45) is 2.52. The molecule has 3 unspecified atom stereocenters. The number of hydrogen-bond donors (Lipinski definition) is 1. The van der Waals surface area contributed by atoms with Crippen LogP contribution in [0, 0.1) is 11.8 Å². The molecule has 17 heavy (non-hydrogen) atoms. The van der Waals surface area contributed by atoms with Gasteiger partial charge in [0.25, 0.3) is 0 Å². The first-order valence-corrected chi connectivity index (χ1v) is 7.12. The van der Waals surface area contributed by atoms with Gasteiger partial charge in [-0.1, -0.05) is 13.8 Å². The molecule has 1 N–H and O–H groups in total. The van der Waals surface area contributed by atoms with E-state index in [0.717, 1.165) is 31.5 Å². The van der Waals surface area contributed by atoms with Gasteiger partial charge in [0, 0.05) is 19.7 Å². The van der Waals surface area contributed by atoms with Gasteiger partial charge in [-0.05, 0) is 51.2 Å². The number of nitrogens with one attached hydrogen (secondary N) is 1. The number of likely N-dealkylation sites (tertiary alicyclic amines) is 1. The van der Waals surface area contributed by atoms with Crippen molar-refractivity contribution in [3.63, 3.8) is 0 Å². The summed E-state index contributed by atoms with van der Waals surface area (Å²) >= 11 is 0. The number of methoxy groups -OCH3 is 1. The van der Waals surface area contributed by atoms with Gasteiger partial charge >= 0.3 is 0 Å². The summed E-state index contributed by atoms with van der Waals surface area (Å²) in [5.41, 5.74) is 0. The van der Waals surface area contributed by atoms with E-state index in [2.05, 4.69) is 31.0 Å². The van der Waals surface area contributed by atoms with Crippen molar-refractivity contribution >= 4 is 0 Å². The Hall–Kier alpha value is -0.120. The van der Waals surface area contributed by atoms with Gasteiger partial charge in [0.15, 0.2) is 0 Å². The smallest absolute Gasteiger partial charge is 0.0503 e. The molecule has 0 aromatic carbocycles. The second-order valence-corrected chi connectivity index (χ2v) is 5.53. The van der Waals surface area contributed by atoms with Crippen molar-refractivity contribution < 1.29 is 4.74 Å². The quantitative estimate of drug-likeness (QED) is 0.659. The minimum Gasteiger partial charge on any atom is -0.384 e. The lowest BCUT2D eigenvalue weighted by atomic mass is 10.0. The van der Waals surface area contributed by atoms with Gasteiger partial charge in [-0.15, -0.1) is 0 Å². The molecule has 0 aromatic rings. The molecule has 3 atom stereocenters. The molecule has 102 valence electrons. The fourth-order valence-electron chi connectivity index (χ4n) is 2.64. The molecule has 1 rings (SSSR count). The topological polar surface area (TPSA) is 24.5 Å². The van der Waals surface area contributed by atoms with Crippen LogP contribution in [0.15, 0.2) is 0 Å². The van der Waals surface area contributed by atoms with Gasteiger partial charge in [-0.25, -0.2) is 0 Å². The Morgan fingerprint density at radius 3 is 2.82 bits per heavy atom. The summed E-state index contributed by atoms with van der Waals surface area (Å²) in [5, 5.41) is 3.52. The summed E-state index contributed by atoms with van der Waals surface area (Å²) in [7, 11) is 1.81. The summed E-state index contributed by atoms with van der Waals surface area (Å²) in [6.45, 7) is 12.6. The van der Waals surface area contributed by atoms with Crippen molar-refractivity contribution in [2.24, 2.45) is 11.8 Å². The zero-order valence-electron chi connectivity index (χ0n) is 12.0. The standard InChI is InChI=1S/C14H30N2O/c1-5-7-15-9-12(2)13(3)16-8-6-14(10-16)11-17-4/h12-15H,5-11H2,1-4H3. The van der Waals surface area contributed by atoms with Crippen LogP contribution in [0.1, 0.15) is 33.6 Å². The van der Waals surface area contributed by atoms with Crippen LogP contribution in [-0.4, -0.2) is 50.8 Å². The first-order valence-electron chi connectivity index (χ1n) is 7.12. The lowest BCUT2D eigenvalue weighted by Crippen LogP contribution is -2.40. The summed E-state index contributed by atoms with van der Waals surface area (Å²) in [4.78, 5) is 2.63. The highest BCUT2D eigenvalue weighted by molar-refractivity contribution is 4.82. The molecule has 0 bridgehead atoms. The van der Waals surface area contributed by atoms with Crippen LogP contribution in [0.2, 0.25) is 0 Å². The Bertz CT molecular complexity index is 199. The van der Waals surface area contributed by atoms with E-state index < -0.39 is 0 Å². The Morgan fingerprint density at radius 2 is 2.18 bits per heavy atom. The third-order valence-corrected chi connectivity index (χ3v) is 4.01. The van der Waals surface area contributed by atoms with Crippen molar-refractivity contribution in [1.29, 1.82) is 0 Å². The molecule has 1 saturated heterocycles. The van der Waals surface area contributed by atoms with E-state index in [1.54, 1.807) is 0 Å². The molecule has 0 spiro atoms. The van der Waals surface area contributed by atoms with E-state index in [0.29, 0.717) is 6.04 Å². The zero-order chi connectivity index (χ0) is 12.7. The molecular weight excluding hydrogens is 212 g/mol. The molecule has 3 heteroatoms. The Labute approximate surface area is 107 Å². The van der Waals surface area contributed by atoms with Crippen LogP contribution in [0.5, 0.6) is 0 Å². The van der Waals surface area contributed by atoms with Gasteiger partial charge in [0.05, 0.1) is 6.61 Å². The van der Waals surface area contributed by atoms with E-state index in [1.807, 2.05) is 7.11 Å². The normalized spacial score (nSPS) is 25.1. The second-order valence-electron chi connectivity index (χ2n) is 5.53. The van der Waals surface area contributed by atoms with Crippen molar-refractivity contribution in [3.05, 3.63) is 0 Å². The minimum absolute atomic E-state index is 0.682. The molecule has 1 aliphatic heterocycles. The third-order valence-electron chi connectivity index (χ3n) is 4.01. The number of nitrogens with zero attached hydrogens (tertiary/aromatic N) is 1. The Balaban J connectivity index is 2.25. The van der Waals surface area contributed by atoms with Crippen molar-refractivity contribution in [2.75, 3.05) is 39.9 Å². The van der Waals surface area contributed by atoms with Crippen molar-refractivity contribution in [1.82, 2.24) is 10.2 Å². The van der Waals surface area contributed by atoms with Gasteiger partial charge < -0.3 is 10.1 Å². The molecule has 1 heterocycles. The minimum atomic E-state index is 0.682. The zero-order valence-corrected chi connectivity index (χ0v) is 12.0. The second kappa shape index (κ2) is 8.06. The summed E-state index contributed by atoms with van der Waals surface area (Å²) < 4.78 is 5.25. The first kappa shape index (κ1) is 14.9. The van der Waals surface area contributed by atoms with E-state index >= 15 is 0 Å². The molecule has 3 nitrogen and oxygen atoms in total. The van der Waals surface area contributed by atoms with Gasteiger partial charge in [-0.3, -0.25) is 4.90 Å². The number of ether oxygens (including phenoxy) is 1. The average Bonchev–Trinajstić information content (AvgIpc) is 2.77. The van der Waals surface area contributed by atoms with Crippen molar-refractivity contribution in [2.45, 2.75) is 39.7 Å². The van der Waals surface area contributed by atoms with Crippen LogP contribution in [-0.2, 0) is 4.74 Å². The average molecular weight is 242 g/mol. The highest BCUT2D eigenvalue weighted by Crippen LogP contribution is 2.21. The molecule has 0 amide bonds. The maximum Gasteiger partial charge on any atom is 0.0503 e. The third kappa shape index (κ3) is 4.94. The maximum absolute atomic E-state index is 5.25. The van der Waals surface area contributed by atoms with Gasteiger partial charge in [-0.2, -0.15) is 0 Å². The van der Waals surface area contributed by atoms with Gasteiger partial charge in [0.2, 0.25) is 0 Å². The van der Waals surface area contributed by atoms with E-state index in [4.69, 9.17) is 4.74 Å². The molecular formula is C14H30N2O. The lowest BCUT2D eigenvalue weighted by Gasteiger charge is -2.30. The Morgan fingerprint density at radius 1 is 1.41 bits per heavy atom. The highest BCUT2D eigenvalue weighted by atomic mass is 16.5. The molecule has 0 radical (unpaired) electrons. The van der Waals surface area contributed by atoms with E-state index in [-0.39, 0.29) is 0 Å². The molecule has 0 aliphatic carbocycles. The van der Waals surface area contributed by atoms with Crippen LogP contribution in [0.3, 0.4) is 0 Å². The van der Waals surface area contributed by atoms with Crippen LogP contribution >= 0.6 is 0 Å². The maximum atomic E-state index is 5.25. The summed E-state index contributed by atoms with van der Waals surface area (Å²) in [5.74, 6) is 1.47. The van der Waals surface area contributed by atoms with E-state index in [9.17, 15) is 0 Å². The molecule has 1 fully saturated rings. The molecule has 1 aliphatic rings. The first-order chi connectivity index (χ1) is 8.19.